The van der Waals surface area contributed by atoms with Crippen molar-refractivity contribution in [3.63, 3.8) is 0 Å². The lowest BCUT2D eigenvalue weighted by Gasteiger charge is -2.10. The van der Waals surface area contributed by atoms with Gasteiger partial charge in [0.1, 0.15) is 5.75 Å². The van der Waals surface area contributed by atoms with E-state index in [0.717, 1.165) is 6.07 Å². The highest BCUT2D eigenvalue weighted by molar-refractivity contribution is 5.38. The van der Waals surface area contributed by atoms with Crippen LogP contribution >= 0.6 is 0 Å². The maximum Gasteiger partial charge on any atom is 0.416 e. The molecule has 4 heteroatoms. The number of rotatable bonds is 1. The Hall–Kier alpha value is -1.19. The molecule has 1 aromatic carbocycles. The van der Waals surface area contributed by atoms with Crippen LogP contribution in [0.15, 0.2) is 18.2 Å². The predicted molar refractivity (Wildman–Crippen MR) is 42.5 cm³/mol. The van der Waals surface area contributed by atoms with Crippen molar-refractivity contribution in [2.75, 3.05) is 7.11 Å². The van der Waals surface area contributed by atoms with Crippen LogP contribution in [0.4, 0.5) is 13.2 Å². The van der Waals surface area contributed by atoms with E-state index in [1.54, 1.807) is 0 Å². The second-order valence-corrected chi connectivity index (χ2v) is 2.52. The van der Waals surface area contributed by atoms with E-state index in [2.05, 4.69) is 11.7 Å². The van der Waals surface area contributed by atoms with Crippen molar-refractivity contribution in [2.45, 2.75) is 6.18 Å². The number of benzene rings is 1. The topological polar surface area (TPSA) is 9.23 Å². The quantitative estimate of drug-likeness (QED) is 0.660. The first-order valence-corrected chi connectivity index (χ1v) is 3.52. The molecule has 1 rings (SSSR count). The van der Waals surface area contributed by atoms with Gasteiger partial charge in [-0.25, -0.2) is 0 Å². The molecule has 1 aromatic rings. The number of halogens is 3. The van der Waals surface area contributed by atoms with Crippen LogP contribution in [0, 0.1) is 6.92 Å². The summed E-state index contributed by atoms with van der Waals surface area (Å²) in [5.41, 5.74) is -0.805. The Kier molecular flexibility index (Phi) is 2.50. The van der Waals surface area contributed by atoms with Gasteiger partial charge in [0, 0.05) is 0 Å². The molecule has 0 aliphatic rings. The number of ether oxygens (including phenoxy) is 1. The van der Waals surface area contributed by atoms with Gasteiger partial charge in [-0.15, -0.1) is 0 Å². The first-order chi connectivity index (χ1) is 5.95. The average Bonchev–Trinajstić information content (AvgIpc) is 2.03. The lowest BCUT2D eigenvalue weighted by molar-refractivity contribution is -0.137. The van der Waals surface area contributed by atoms with Crippen LogP contribution < -0.4 is 4.74 Å². The van der Waals surface area contributed by atoms with Crippen LogP contribution in [0.1, 0.15) is 11.1 Å². The van der Waals surface area contributed by atoms with E-state index in [1.165, 1.54) is 19.2 Å². The van der Waals surface area contributed by atoms with Crippen LogP contribution in [-0.4, -0.2) is 7.11 Å². The molecule has 0 amide bonds. The van der Waals surface area contributed by atoms with Crippen molar-refractivity contribution >= 4 is 0 Å². The molecule has 0 spiro atoms. The second-order valence-electron chi connectivity index (χ2n) is 2.52. The zero-order valence-corrected chi connectivity index (χ0v) is 6.98. The van der Waals surface area contributed by atoms with Crippen LogP contribution in [0.25, 0.3) is 0 Å². The summed E-state index contributed by atoms with van der Waals surface area (Å²) in [5.74, 6) is 0.180. The molecular weight excluding hydrogens is 181 g/mol. The molecule has 0 saturated carbocycles. The highest BCUT2D eigenvalue weighted by atomic mass is 19.4. The van der Waals surface area contributed by atoms with Crippen molar-refractivity contribution in [3.8, 4) is 5.75 Å². The molecule has 1 nitrogen and oxygen atoms in total. The summed E-state index contributed by atoms with van der Waals surface area (Å²) < 4.78 is 41.5. The SMILES string of the molecule is [CH2]c1ccc(OC)cc1C(F)(F)F. The molecule has 0 fully saturated rings. The minimum absolute atomic E-state index is 0.0479. The monoisotopic (exact) mass is 189 g/mol. The summed E-state index contributed by atoms with van der Waals surface area (Å²) in [7, 11) is 1.32. The molecule has 0 unspecified atom stereocenters. The zero-order chi connectivity index (χ0) is 10.1. The van der Waals surface area contributed by atoms with Gasteiger partial charge in [-0.2, -0.15) is 13.2 Å². The van der Waals surface area contributed by atoms with Gasteiger partial charge in [-0.3, -0.25) is 0 Å². The molecule has 0 aliphatic heterocycles. The standard InChI is InChI=1S/C9H8F3O/c1-6-3-4-7(13-2)5-8(6)9(10,11)12/h3-5H,1H2,2H3. The predicted octanol–water partition coefficient (Wildman–Crippen LogP) is 2.90. The van der Waals surface area contributed by atoms with Crippen LogP contribution in [0.5, 0.6) is 5.75 Å². The Morgan fingerprint density at radius 1 is 1.31 bits per heavy atom. The fourth-order valence-electron chi connectivity index (χ4n) is 0.946. The first-order valence-electron chi connectivity index (χ1n) is 3.52. The molecule has 0 heterocycles. The molecule has 0 N–H and O–H groups in total. The van der Waals surface area contributed by atoms with E-state index < -0.39 is 11.7 Å². The molecule has 71 valence electrons. The second kappa shape index (κ2) is 3.28. The van der Waals surface area contributed by atoms with Crippen molar-refractivity contribution in [1.29, 1.82) is 0 Å². The molecule has 0 saturated heterocycles. The van der Waals surface area contributed by atoms with Gasteiger partial charge in [0.25, 0.3) is 0 Å². The molecule has 0 atom stereocenters. The highest BCUT2D eigenvalue weighted by Crippen LogP contribution is 2.33. The van der Waals surface area contributed by atoms with E-state index in [4.69, 9.17) is 0 Å². The van der Waals surface area contributed by atoms with E-state index in [9.17, 15) is 13.2 Å². The molecule has 0 aromatic heterocycles. The maximum atomic E-state index is 12.3. The smallest absolute Gasteiger partial charge is 0.416 e. The van der Waals surface area contributed by atoms with Gasteiger partial charge in [-0.05, 0) is 24.6 Å². The Labute approximate surface area is 74.1 Å². The van der Waals surface area contributed by atoms with Crippen molar-refractivity contribution in [1.82, 2.24) is 0 Å². The number of alkyl halides is 3. The van der Waals surface area contributed by atoms with Crippen LogP contribution in [0.2, 0.25) is 0 Å². The van der Waals surface area contributed by atoms with Gasteiger partial charge in [-0.1, -0.05) is 6.07 Å². The number of hydrogen-bond donors (Lipinski definition) is 0. The molecule has 0 aliphatic carbocycles. The average molecular weight is 189 g/mol. The summed E-state index contributed by atoms with van der Waals surface area (Å²) in [4.78, 5) is 0. The fraction of sp³-hybridized carbons (Fsp3) is 0.222. The van der Waals surface area contributed by atoms with Crippen molar-refractivity contribution < 1.29 is 17.9 Å². The van der Waals surface area contributed by atoms with Gasteiger partial charge in [0.05, 0.1) is 12.7 Å². The highest BCUT2D eigenvalue weighted by Gasteiger charge is 2.32. The summed E-state index contributed by atoms with van der Waals surface area (Å²) in [6.07, 6.45) is -4.37. The normalized spacial score (nSPS) is 11.5. The van der Waals surface area contributed by atoms with E-state index in [0.29, 0.717) is 0 Å². The van der Waals surface area contributed by atoms with Crippen molar-refractivity contribution in [3.05, 3.63) is 36.2 Å². The maximum absolute atomic E-state index is 12.3. The Bertz CT molecular complexity index is 304. The molecular formula is C9H8F3O. The Balaban J connectivity index is 3.19. The van der Waals surface area contributed by atoms with Gasteiger partial charge in [0.2, 0.25) is 0 Å². The molecule has 0 bridgehead atoms. The van der Waals surface area contributed by atoms with Gasteiger partial charge < -0.3 is 4.74 Å². The number of hydrogen-bond acceptors (Lipinski definition) is 1. The largest absolute Gasteiger partial charge is 0.497 e. The zero-order valence-electron chi connectivity index (χ0n) is 6.98. The lowest BCUT2D eigenvalue weighted by atomic mass is 10.1. The third-order valence-electron chi connectivity index (χ3n) is 1.62. The van der Waals surface area contributed by atoms with Crippen LogP contribution in [-0.2, 0) is 6.18 Å². The third kappa shape index (κ3) is 2.14. The van der Waals surface area contributed by atoms with E-state index in [1.807, 2.05) is 0 Å². The van der Waals surface area contributed by atoms with Gasteiger partial charge in [0.15, 0.2) is 0 Å². The first kappa shape index (κ1) is 9.89. The third-order valence-corrected chi connectivity index (χ3v) is 1.62. The summed E-state index contributed by atoms with van der Waals surface area (Å²) in [6.45, 7) is 3.29. The van der Waals surface area contributed by atoms with Crippen LogP contribution in [0.3, 0.4) is 0 Å². The fourth-order valence-corrected chi connectivity index (χ4v) is 0.946. The Morgan fingerprint density at radius 3 is 2.38 bits per heavy atom. The van der Waals surface area contributed by atoms with Crippen molar-refractivity contribution in [2.24, 2.45) is 0 Å². The Morgan fingerprint density at radius 2 is 1.92 bits per heavy atom. The summed E-state index contributed by atoms with van der Waals surface area (Å²) in [6, 6.07) is 3.65. The van der Waals surface area contributed by atoms with E-state index in [-0.39, 0.29) is 11.3 Å². The minimum atomic E-state index is -4.37. The molecule has 13 heavy (non-hydrogen) atoms. The lowest BCUT2D eigenvalue weighted by Crippen LogP contribution is -2.07. The minimum Gasteiger partial charge on any atom is -0.497 e. The summed E-state index contributed by atoms with van der Waals surface area (Å²) in [5, 5.41) is 0. The summed E-state index contributed by atoms with van der Waals surface area (Å²) >= 11 is 0. The van der Waals surface area contributed by atoms with E-state index >= 15 is 0 Å². The van der Waals surface area contributed by atoms with Gasteiger partial charge >= 0.3 is 6.18 Å². The number of methoxy groups -OCH3 is 1. The molecule has 1 radical (unpaired) electrons.